The molecular weight excluding hydrogens is 284 g/mol. The SMILES string of the molecule is CC(C)S(=O)(=O)Cc1csc2ccc(C(=O)O)cc12. The van der Waals surface area contributed by atoms with E-state index in [1.54, 1.807) is 31.4 Å². The van der Waals surface area contributed by atoms with Crippen molar-refractivity contribution in [3.05, 3.63) is 34.7 Å². The molecule has 1 aromatic carbocycles. The fourth-order valence-corrected chi connectivity index (χ4v) is 3.76. The molecule has 0 fully saturated rings. The Bertz CT molecular complexity index is 726. The van der Waals surface area contributed by atoms with Gasteiger partial charge in [0.05, 0.1) is 16.6 Å². The van der Waals surface area contributed by atoms with Crippen LogP contribution in [0.5, 0.6) is 0 Å². The van der Waals surface area contributed by atoms with Crippen LogP contribution >= 0.6 is 11.3 Å². The Labute approximate surface area is 115 Å². The number of hydrogen-bond donors (Lipinski definition) is 1. The zero-order valence-corrected chi connectivity index (χ0v) is 12.2. The van der Waals surface area contributed by atoms with E-state index in [1.807, 2.05) is 0 Å². The molecule has 1 N–H and O–H groups in total. The number of carboxylic acid groups (broad SMARTS) is 1. The zero-order chi connectivity index (χ0) is 14.2. The van der Waals surface area contributed by atoms with Crippen LogP contribution < -0.4 is 0 Å². The van der Waals surface area contributed by atoms with E-state index in [0.717, 1.165) is 4.70 Å². The van der Waals surface area contributed by atoms with Gasteiger partial charge in [-0.25, -0.2) is 13.2 Å². The fourth-order valence-electron chi connectivity index (χ4n) is 1.71. The molecule has 6 heteroatoms. The molecule has 0 aliphatic carbocycles. The van der Waals surface area contributed by atoms with Gasteiger partial charge in [0.2, 0.25) is 0 Å². The van der Waals surface area contributed by atoms with Gasteiger partial charge in [0.25, 0.3) is 0 Å². The molecular formula is C13H14O4S2. The second kappa shape index (κ2) is 4.94. The molecule has 2 aromatic rings. The summed E-state index contributed by atoms with van der Waals surface area (Å²) in [6.45, 7) is 3.29. The number of sulfone groups is 1. The number of benzene rings is 1. The van der Waals surface area contributed by atoms with E-state index < -0.39 is 21.1 Å². The Morgan fingerprint density at radius 1 is 1.37 bits per heavy atom. The molecule has 0 aliphatic heterocycles. The van der Waals surface area contributed by atoms with Crippen LogP contribution in [0.4, 0.5) is 0 Å². The normalized spacial score (nSPS) is 12.2. The van der Waals surface area contributed by atoms with Crippen LogP contribution in [-0.2, 0) is 15.6 Å². The van der Waals surface area contributed by atoms with Gasteiger partial charge in [-0.1, -0.05) is 0 Å². The lowest BCUT2D eigenvalue weighted by atomic mass is 10.1. The van der Waals surface area contributed by atoms with E-state index in [9.17, 15) is 13.2 Å². The zero-order valence-electron chi connectivity index (χ0n) is 10.6. The molecule has 0 bridgehead atoms. The highest BCUT2D eigenvalue weighted by atomic mass is 32.2. The molecule has 0 amide bonds. The summed E-state index contributed by atoms with van der Waals surface area (Å²) < 4.78 is 24.8. The van der Waals surface area contributed by atoms with Gasteiger partial charge in [0.15, 0.2) is 9.84 Å². The van der Waals surface area contributed by atoms with Crippen molar-refractivity contribution in [3.8, 4) is 0 Å². The van der Waals surface area contributed by atoms with Gasteiger partial charge in [-0.05, 0) is 48.4 Å². The molecule has 0 atom stereocenters. The van der Waals surface area contributed by atoms with Crippen LogP contribution in [0.3, 0.4) is 0 Å². The van der Waals surface area contributed by atoms with Gasteiger partial charge >= 0.3 is 5.97 Å². The first-order valence-electron chi connectivity index (χ1n) is 5.76. The summed E-state index contributed by atoms with van der Waals surface area (Å²) in [7, 11) is -3.19. The monoisotopic (exact) mass is 298 g/mol. The number of rotatable bonds is 4. The Hall–Kier alpha value is -1.40. The maximum absolute atomic E-state index is 11.9. The molecule has 1 heterocycles. The van der Waals surface area contributed by atoms with Crippen molar-refractivity contribution >= 4 is 37.2 Å². The van der Waals surface area contributed by atoms with Crippen LogP contribution in [0.15, 0.2) is 23.6 Å². The van der Waals surface area contributed by atoms with E-state index in [4.69, 9.17) is 5.11 Å². The first kappa shape index (κ1) is 14.0. The van der Waals surface area contributed by atoms with E-state index in [1.165, 1.54) is 17.4 Å². The predicted molar refractivity (Wildman–Crippen MR) is 76.5 cm³/mol. The van der Waals surface area contributed by atoms with E-state index in [-0.39, 0.29) is 11.3 Å². The molecule has 102 valence electrons. The lowest BCUT2D eigenvalue weighted by Gasteiger charge is -2.06. The third-order valence-corrected chi connectivity index (χ3v) is 6.14. The Morgan fingerprint density at radius 2 is 2.05 bits per heavy atom. The summed E-state index contributed by atoms with van der Waals surface area (Å²) in [4.78, 5) is 11.0. The molecule has 0 saturated carbocycles. The summed E-state index contributed by atoms with van der Waals surface area (Å²) in [5.74, 6) is -1.06. The quantitative estimate of drug-likeness (QED) is 0.942. The largest absolute Gasteiger partial charge is 0.478 e. The standard InChI is InChI=1S/C13H14O4S2/c1-8(2)19(16,17)7-10-6-18-12-4-3-9(13(14)15)5-11(10)12/h3-6,8H,7H2,1-2H3,(H,14,15). The van der Waals surface area contributed by atoms with Crippen LogP contribution in [0.1, 0.15) is 29.8 Å². The lowest BCUT2D eigenvalue weighted by molar-refractivity contribution is 0.0697. The molecule has 2 rings (SSSR count). The van der Waals surface area contributed by atoms with Crippen molar-refractivity contribution in [2.45, 2.75) is 24.9 Å². The average Bonchev–Trinajstić information content (AvgIpc) is 2.71. The van der Waals surface area contributed by atoms with Gasteiger partial charge in [-0.15, -0.1) is 11.3 Å². The third-order valence-electron chi connectivity index (χ3n) is 2.98. The number of aromatic carboxylic acids is 1. The summed E-state index contributed by atoms with van der Waals surface area (Å²) in [6, 6.07) is 4.79. The van der Waals surface area contributed by atoms with Crippen molar-refractivity contribution in [1.82, 2.24) is 0 Å². The van der Waals surface area contributed by atoms with E-state index in [0.29, 0.717) is 10.9 Å². The Morgan fingerprint density at radius 3 is 2.63 bits per heavy atom. The Kier molecular flexibility index (Phi) is 3.64. The smallest absolute Gasteiger partial charge is 0.335 e. The third kappa shape index (κ3) is 2.79. The van der Waals surface area contributed by atoms with Gasteiger partial charge in [-0.2, -0.15) is 0 Å². The minimum atomic E-state index is -3.19. The molecule has 0 aliphatic rings. The molecule has 0 radical (unpaired) electrons. The first-order valence-corrected chi connectivity index (χ1v) is 8.36. The second-order valence-corrected chi connectivity index (χ2v) is 8.10. The highest BCUT2D eigenvalue weighted by Crippen LogP contribution is 2.29. The van der Waals surface area contributed by atoms with Crippen molar-refractivity contribution in [3.63, 3.8) is 0 Å². The molecule has 0 saturated heterocycles. The van der Waals surface area contributed by atoms with Crippen LogP contribution in [-0.4, -0.2) is 24.7 Å². The average molecular weight is 298 g/mol. The second-order valence-electron chi connectivity index (χ2n) is 4.63. The highest BCUT2D eigenvalue weighted by molar-refractivity contribution is 7.91. The van der Waals surface area contributed by atoms with Gasteiger partial charge in [0.1, 0.15) is 0 Å². The summed E-state index contributed by atoms with van der Waals surface area (Å²) >= 11 is 1.43. The minimum Gasteiger partial charge on any atom is -0.478 e. The Balaban J connectivity index is 2.50. The van der Waals surface area contributed by atoms with Crippen molar-refractivity contribution in [2.75, 3.05) is 0 Å². The van der Waals surface area contributed by atoms with Gasteiger partial charge in [0, 0.05) is 4.70 Å². The number of thiophene rings is 1. The lowest BCUT2D eigenvalue weighted by Crippen LogP contribution is -2.15. The number of hydrogen-bond acceptors (Lipinski definition) is 4. The molecule has 19 heavy (non-hydrogen) atoms. The van der Waals surface area contributed by atoms with Crippen LogP contribution in [0, 0.1) is 0 Å². The predicted octanol–water partition coefficient (Wildman–Crippen LogP) is 2.92. The fraction of sp³-hybridized carbons (Fsp3) is 0.308. The van der Waals surface area contributed by atoms with Crippen LogP contribution in [0.25, 0.3) is 10.1 Å². The number of carbonyl (C=O) groups is 1. The molecule has 0 unspecified atom stereocenters. The number of fused-ring (bicyclic) bond motifs is 1. The van der Waals surface area contributed by atoms with E-state index in [2.05, 4.69) is 0 Å². The summed E-state index contributed by atoms with van der Waals surface area (Å²) in [5.41, 5.74) is 0.853. The number of carboxylic acids is 1. The van der Waals surface area contributed by atoms with Gasteiger partial charge in [-0.3, -0.25) is 0 Å². The molecule has 0 spiro atoms. The van der Waals surface area contributed by atoms with Crippen molar-refractivity contribution in [1.29, 1.82) is 0 Å². The molecule has 4 nitrogen and oxygen atoms in total. The topological polar surface area (TPSA) is 71.4 Å². The summed E-state index contributed by atoms with van der Waals surface area (Å²) in [6.07, 6.45) is 0. The van der Waals surface area contributed by atoms with Crippen LogP contribution in [0.2, 0.25) is 0 Å². The maximum Gasteiger partial charge on any atom is 0.335 e. The first-order chi connectivity index (χ1) is 8.81. The van der Waals surface area contributed by atoms with E-state index >= 15 is 0 Å². The van der Waals surface area contributed by atoms with Gasteiger partial charge < -0.3 is 5.11 Å². The molecule has 1 aromatic heterocycles. The van der Waals surface area contributed by atoms with Crippen molar-refractivity contribution in [2.24, 2.45) is 0 Å². The maximum atomic E-state index is 11.9. The summed E-state index contributed by atoms with van der Waals surface area (Å²) in [5, 5.41) is 11.0. The van der Waals surface area contributed by atoms with Crippen molar-refractivity contribution < 1.29 is 18.3 Å². The highest BCUT2D eigenvalue weighted by Gasteiger charge is 2.19. The minimum absolute atomic E-state index is 0.0479.